The number of anilines is 1. The van der Waals surface area contributed by atoms with Crippen LogP contribution in [0.4, 0.5) is 5.69 Å². The second kappa shape index (κ2) is 9.54. The SMILES string of the molecule is Cc1ccccc1Cn1nc(C)c(NC(=S)NCCCn2cc(Br)c(C)n2)c1C. The van der Waals surface area contributed by atoms with Crippen LogP contribution in [-0.2, 0) is 13.1 Å². The fourth-order valence-electron chi connectivity index (χ4n) is 3.19. The fourth-order valence-corrected chi connectivity index (χ4v) is 3.71. The number of nitrogens with zero attached hydrogens (tertiary/aromatic N) is 4. The first-order valence-electron chi connectivity index (χ1n) is 9.68. The average Bonchev–Trinajstić information content (AvgIpc) is 3.13. The van der Waals surface area contributed by atoms with E-state index in [4.69, 9.17) is 17.3 Å². The molecule has 29 heavy (non-hydrogen) atoms. The number of benzene rings is 1. The Morgan fingerprint density at radius 3 is 2.55 bits per heavy atom. The predicted octanol–water partition coefficient (Wildman–Crippen LogP) is 4.50. The molecular weight excluding hydrogens is 448 g/mol. The van der Waals surface area contributed by atoms with Crippen molar-refractivity contribution < 1.29 is 0 Å². The lowest BCUT2D eigenvalue weighted by Crippen LogP contribution is -2.30. The van der Waals surface area contributed by atoms with Gasteiger partial charge in [-0.3, -0.25) is 9.36 Å². The van der Waals surface area contributed by atoms with E-state index in [1.165, 1.54) is 11.1 Å². The van der Waals surface area contributed by atoms with Crippen molar-refractivity contribution in [1.29, 1.82) is 0 Å². The van der Waals surface area contributed by atoms with E-state index in [9.17, 15) is 0 Å². The molecule has 0 bridgehead atoms. The van der Waals surface area contributed by atoms with Gasteiger partial charge in [0.15, 0.2) is 5.11 Å². The Balaban J connectivity index is 1.53. The van der Waals surface area contributed by atoms with Crippen molar-refractivity contribution in [3.05, 3.63) is 63.1 Å². The van der Waals surface area contributed by atoms with Crippen molar-refractivity contribution in [3.8, 4) is 0 Å². The van der Waals surface area contributed by atoms with Crippen LogP contribution in [0.2, 0.25) is 0 Å². The van der Waals surface area contributed by atoms with Gasteiger partial charge in [-0.1, -0.05) is 24.3 Å². The number of thiocarbonyl (C=S) groups is 1. The number of halogens is 1. The van der Waals surface area contributed by atoms with E-state index in [0.29, 0.717) is 5.11 Å². The maximum atomic E-state index is 5.48. The molecule has 0 saturated carbocycles. The summed E-state index contributed by atoms with van der Waals surface area (Å²) in [4.78, 5) is 0. The number of aromatic nitrogens is 4. The van der Waals surface area contributed by atoms with Gasteiger partial charge in [0.1, 0.15) is 0 Å². The summed E-state index contributed by atoms with van der Waals surface area (Å²) >= 11 is 8.97. The molecule has 1 aromatic carbocycles. The molecule has 3 rings (SSSR count). The summed E-state index contributed by atoms with van der Waals surface area (Å²) in [5.74, 6) is 0. The zero-order valence-corrected chi connectivity index (χ0v) is 19.7. The molecular formula is C21H27BrN6S. The van der Waals surface area contributed by atoms with Gasteiger partial charge >= 0.3 is 0 Å². The Morgan fingerprint density at radius 1 is 1.10 bits per heavy atom. The number of hydrogen-bond donors (Lipinski definition) is 2. The zero-order valence-electron chi connectivity index (χ0n) is 17.3. The van der Waals surface area contributed by atoms with Gasteiger partial charge in [0, 0.05) is 19.3 Å². The highest BCUT2D eigenvalue weighted by Gasteiger charge is 2.13. The van der Waals surface area contributed by atoms with Crippen molar-refractivity contribution in [1.82, 2.24) is 24.9 Å². The Labute approximate surface area is 185 Å². The molecule has 6 nitrogen and oxygen atoms in total. The predicted molar refractivity (Wildman–Crippen MR) is 125 cm³/mol. The topological polar surface area (TPSA) is 59.7 Å². The van der Waals surface area contributed by atoms with Gasteiger partial charge in [-0.2, -0.15) is 10.2 Å². The normalized spacial score (nSPS) is 10.9. The molecule has 0 fully saturated rings. The summed E-state index contributed by atoms with van der Waals surface area (Å²) in [5, 5.41) is 16.3. The van der Waals surface area contributed by atoms with Gasteiger partial charge in [-0.25, -0.2) is 0 Å². The molecule has 0 atom stereocenters. The molecule has 0 aliphatic rings. The van der Waals surface area contributed by atoms with Crippen molar-refractivity contribution >= 4 is 38.9 Å². The lowest BCUT2D eigenvalue weighted by atomic mass is 10.1. The summed E-state index contributed by atoms with van der Waals surface area (Å²) in [6, 6.07) is 8.40. The van der Waals surface area contributed by atoms with Gasteiger partial charge < -0.3 is 10.6 Å². The molecule has 0 aliphatic heterocycles. The van der Waals surface area contributed by atoms with Crippen LogP contribution in [0.25, 0.3) is 0 Å². The molecule has 0 amide bonds. The highest BCUT2D eigenvalue weighted by molar-refractivity contribution is 9.10. The molecule has 0 spiro atoms. The largest absolute Gasteiger partial charge is 0.362 e. The molecule has 2 N–H and O–H groups in total. The minimum absolute atomic E-state index is 0.615. The quantitative estimate of drug-likeness (QED) is 0.389. The Kier molecular flexibility index (Phi) is 7.08. The minimum Gasteiger partial charge on any atom is -0.362 e. The molecule has 0 unspecified atom stereocenters. The van der Waals surface area contributed by atoms with Crippen LogP contribution in [0.1, 0.15) is 34.6 Å². The van der Waals surface area contributed by atoms with E-state index in [0.717, 1.165) is 53.3 Å². The summed E-state index contributed by atoms with van der Waals surface area (Å²) in [6.45, 7) is 10.6. The first-order chi connectivity index (χ1) is 13.8. The molecule has 8 heteroatoms. The third-order valence-corrected chi connectivity index (χ3v) is 5.96. The zero-order chi connectivity index (χ0) is 21.0. The van der Waals surface area contributed by atoms with Crippen LogP contribution in [0.3, 0.4) is 0 Å². The van der Waals surface area contributed by atoms with E-state index in [2.05, 4.69) is 69.8 Å². The maximum absolute atomic E-state index is 5.48. The van der Waals surface area contributed by atoms with Gasteiger partial charge in [-0.15, -0.1) is 0 Å². The van der Waals surface area contributed by atoms with E-state index in [1.807, 2.05) is 29.4 Å². The third-order valence-electron chi connectivity index (χ3n) is 4.94. The van der Waals surface area contributed by atoms with Crippen LogP contribution >= 0.6 is 28.1 Å². The molecule has 2 aromatic heterocycles. The number of nitrogens with one attached hydrogen (secondary N) is 2. The van der Waals surface area contributed by atoms with Crippen LogP contribution in [-0.4, -0.2) is 31.2 Å². The van der Waals surface area contributed by atoms with Crippen LogP contribution in [0.5, 0.6) is 0 Å². The monoisotopic (exact) mass is 474 g/mol. The van der Waals surface area contributed by atoms with E-state index >= 15 is 0 Å². The Hall–Kier alpha value is -2.19. The summed E-state index contributed by atoms with van der Waals surface area (Å²) < 4.78 is 5.01. The van der Waals surface area contributed by atoms with Crippen molar-refractivity contribution in [2.45, 2.75) is 47.2 Å². The highest BCUT2D eigenvalue weighted by Crippen LogP contribution is 2.21. The van der Waals surface area contributed by atoms with Gasteiger partial charge in [0.25, 0.3) is 0 Å². The number of hydrogen-bond acceptors (Lipinski definition) is 3. The third kappa shape index (κ3) is 5.45. The summed E-state index contributed by atoms with van der Waals surface area (Å²) in [5.41, 5.74) is 6.53. The summed E-state index contributed by atoms with van der Waals surface area (Å²) in [7, 11) is 0. The van der Waals surface area contributed by atoms with Crippen LogP contribution < -0.4 is 10.6 Å². The lowest BCUT2D eigenvalue weighted by Gasteiger charge is -2.12. The molecule has 3 aromatic rings. The molecule has 0 radical (unpaired) electrons. The first kappa shape index (κ1) is 21.5. The molecule has 0 saturated heterocycles. The molecule has 0 aliphatic carbocycles. The van der Waals surface area contributed by atoms with Gasteiger partial charge in [0.2, 0.25) is 0 Å². The smallest absolute Gasteiger partial charge is 0.170 e. The Morgan fingerprint density at radius 2 is 1.86 bits per heavy atom. The van der Waals surface area contributed by atoms with Crippen LogP contribution in [0.15, 0.2) is 34.9 Å². The van der Waals surface area contributed by atoms with Crippen LogP contribution in [0, 0.1) is 27.7 Å². The standard InChI is InChI=1S/C21H27BrN6S/c1-14-8-5-6-9-18(14)12-28-17(4)20(16(3)26-28)24-21(29)23-10-7-11-27-13-19(22)15(2)25-27/h5-6,8-9,13H,7,10-12H2,1-4H3,(H2,23,24,29). The lowest BCUT2D eigenvalue weighted by molar-refractivity contribution is 0.570. The second-order valence-corrected chi connectivity index (χ2v) is 8.45. The fraction of sp³-hybridized carbons (Fsp3) is 0.381. The van der Waals surface area contributed by atoms with E-state index < -0.39 is 0 Å². The Bertz CT molecular complexity index is 987. The van der Waals surface area contributed by atoms with Crippen molar-refractivity contribution in [2.24, 2.45) is 0 Å². The van der Waals surface area contributed by atoms with E-state index in [-0.39, 0.29) is 0 Å². The van der Waals surface area contributed by atoms with Gasteiger partial charge in [0.05, 0.1) is 33.8 Å². The average molecular weight is 475 g/mol. The number of aryl methyl sites for hydroxylation is 4. The second-order valence-electron chi connectivity index (χ2n) is 7.19. The summed E-state index contributed by atoms with van der Waals surface area (Å²) in [6.07, 6.45) is 2.93. The molecule has 154 valence electrons. The first-order valence-corrected chi connectivity index (χ1v) is 10.9. The maximum Gasteiger partial charge on any atom is 0.170 e. The van der Waals surface area contributed by atoms with Crippen molar-refractivity contribution in [3.63, 3.8) is 0 Å². The highest BCUT2D eigenvalue weighted by atomic mass is 79.9. The van der Waals surface area contributed by atoms with E-state index in [1.54, 1.807) is 0 Å². The van der Waals surface area contributed by atoms with Crippen molar-refractivity contribution in [2.75, 3.05) is 11.9 Å². The minimum atomic E-state index is 0.615. The van der Waals surface area contributed by atoms with Gasteiger partial charge in [-0.05, 0) is 73.4 Å². The number of rotatable bonds is 7. The molecule has 2 heterocycles.